The van der Waals surface area contributed by atoms with Gasteiger partial charge in [0.1, 0.15) is 0 Å². The highest BCUT2D eigenvalue weighted by atomic mass is 79.9. The summed E-state index contributed by atoms with van der Waals surface area (Å²) in [5.41, 5.74) is 1.72. The maximum atomic E-state index is 12.9. The van der Waals surface area contributed by atoms with Gasteiger partial charge in [0.2, 0.25) is 5.91 Å². The summed E-state index contributed by atoms with van der Waals surface area (Å²) >= 11 is 3.55. The van der Waals surface area contributed by atoms with Crippen LogP contribution in [0.4, 0.5) is 10.5 Å². The van der Waals surface area contributed by atoms with Gasteiger partial charge in [-0.05, 0) is 30.0 Å². The topological polar surface area (TPSA) is 95.8 Å². The highest BCUT2D eigenvalue weighted by Crippen LogP contribution is 2.35. The first kappa shape index (κ1) is 23.3. The Labute approximate surface area is 194 Å². The molecule has 0 radical (unpaired) electrons. The molecule has 8 nitrogen and oxygen atoms in total. The van der Waals surface area contributed by atoms with Crippen molar-refractivity contribution in [2.75, 3.05) is 19.6 Å². The van der Waals surface area contributed by atoms with Crippen LogP contribution in [-0.4, -0.2) is 46.3 Å². The van der Waals surface area contributed by atoms with E-state index in [2.05, 4.69) is 27.2 Å². The summed E-state index contributed by atoms with van der Waals surface area (Å²) < 4.78 is 0.956. The SMILES string of the molecule is C#CCN(Cc1ccc([N+](=O)[O-])cc1)C(=O)NCC(=O)N1CCCC1c1ccccc1Br. The minimum absolute atomic E-state index is 0.0301. The monoisotopic (exact) mass is 498 g/mol. The van der Waals surface area contributed by atoms with Crippen molar-refractivity contribution in [3.05, 3.63) is 74.2 Å². The molecule has 0 aromatic heterocycles. The number of nitrogens with one attached hydrogen (secondary N) is 1. The lowest BCUT2D eigenvalue weighted by Gasteiger charge is -2.27. The third-order valence-corrected chi connectivity index (χ3v) is 6.04. The number of terminal acetylenes is 1. The fourth-order valence-electron chi connectivity index (χ4n) is 3.75. The quantitative estimate of drug-likeness (QED) is 0.356. The molecular formula is C23H23BrN4O4. The Bertz CT molecular complexity index is 1040. The van der Waals surface area contributed by atoms with Crippen LogP contribution in [0.3, 0.4) is 0 Å². The highest BCUT2D eigenvalue weighted by Gasteiger charge is 2.31. The van der Waals surface area contributed by atoms with E-state index >= 15 is 0 Å². The molecule has 32 heavy (non-hydrogen) atoms. The summed E-state index contributed by atoms with van der Waals surface area (Å²) in [6, 6.07) is 13.2. The van der Waals surface area contributed by atoms with Gasteiger partial charge >= 0.3 is 6.03 Å². The number of non-ortho nitro benzene ring substituents is 1. The largest absolute Gasteiger partial charge is 0.334 e. The van der Waals surface area contributed by atoms with E-state index in [-0.39, 0.29) is 37.3 Å². The number of benzene rings is 2. The van der Waals surface area contributed by atoms with Crippen LogP contribution in [0, 0.1) is 22.5 Å². The molecule has 0 spiro atoms. The molecule has 3 amide bonds. The summed E-state index contributed by atoms with van der Waals surface area (Å²) in [4.78, 5) is 39.0. The molecule has 1 unspecified atom stereocenters. The molecule has 0 aliphatic carbocycles. The van der Waals surface area contributed by atoms with Gasteiger partial charge in [-0.2, -0.15) is 0 Å². The van der Waals surface area contributed by atoms with E-state index in [1.807, 2.05) is 24.3 Å². The van der Waals surface area contributed by atoms with Crippen LogP contribution in [0.1, 0.15) is 30.0 Å². The van der Waals surface area contributed by atoms with Gasteiger partial charge in [0.25, 0.3) is 5.69 Å². The van der Waals surface area contributed by atoms with Gasteiger partial charge in [0.15, 0.2) is 0 Å². The third-order valence-electron chi connectivity index (χ3n) is 5.32. The molecule has 0 saturated carbocycles. The number of nitro benzene ring substituents is 1. The number of nitrogens with zero attached hydrogens (tertiary/aromatic N) is 3. The lowest BCUT2D eigenvalue weighted by Crippen LogP contribution is -2.45. The number of urea groups is 1. The van der Waals surface area contributed by atoms with Gasteiger partial charge in [-0.3, -0.25) is 14.9 Å². The number of likely N-dealkylation sites (tertiary alicyclic amines) is 1. The van der Waals surface area contributed by atoms with Crippen molar-refractivity contribution >= 4 is 33.6 Å². The Kier molecular flexibility index (Phi) is 7.84. The molecule has 1 saturated heterocycles. The highest BCUT2D eigenvalue weighted by molar-refractivity contribution is 9.10. The van der Waals surface area contributed by atoms with Crippen molar-refractivity contribution in [3.63, 3.8) is 0 Å². The van der Waals surface area contributed by atoms with Gasteiger partial charge in [-0.1, -0.05) is 52.2 Å². The van der Waals surface area contributed by atoms with Crippen molar-refractivity contribution in [3.8, 4) is 12.3 Å². The number of hydrogen-bond acceptors (Lipinski definition) is 4. The smallest absolute Gasteiger partial charge is 0.318 e. The minimum atomic E-state index is -0.485. The fourth-order valence-corrected chi connectivity index (χ4v) is 4.30. The normalized spacial score (nSPS) is 15.1. The molecule has 1 N–H and O–H groups in total. The molecule has 2 aromatic carbocycles. The maximum absolute atomic E-state index is 12.9. The second kappa shape index (κ2) is 10.8. The van der Waals surface area contributed by atoms with Crippen molar-refractivity contribution in [1.82, 2.24) is 15.1 Å². The summed E-state index contributed by atoms with van der Waals surface area (Å²) in [6.07, 6.45) is 7.16. The Morgan fingerprint density at radius 2 is 1.97 bits per heavy atom. The number of carbonyl (C=O) groups excluding carboxylic acids is 2. The van der Waals surface area contributed by atoms with Gasteiger partial charge in [0.05, 0.1) is 24.1 Å². The molecule has 1 atom stereocenters. The van der Waals surface area contributed by atoms with Crippen LogP contribution in [0.25, 0.3) is 0 Å². The first-order valence-corrected chi connectivity index (χ1v) is 10.9. The number of amides is 3. The van der Waals surface area contributed by atoms with Crippen molar-refractivity contribution in [1.29, 1.82) is 0 Å². The van der Waals surface area contributed by atoms with Gasteiger partial charge < -0.3 is 15.1 Å². The molecular weight excluding hydrogens is 476 g/mol. The third kappa shape index (κ3) is 5.65. The summed E-state index contributed by atoms with van der Waals surface area (Å²) in [6.45, 7) is 0.713. The van der Waals surface area contributed by atoms with Crippen molar-refractivity contribution in [2.45, 2.75) is 25.4 Å². The number of hydrogen-bond donors (Lipinski definition) is 1. The van der Waals surface area contributed by atoms with Gasteiger partial charge in [-0.15, -0.1) is 6.42 Å². The summed E-state index contributed by atoms with van der Waals surface area (Å²) in [5.74, 6) is 2.27. The fraction of sp³-hybridized carbons (Fsp3) is 0.304. The zero-order valence-corrected chi connectivity index (χ0v) is 19.0. The summed E-state index contributed by atoms with van der Waals surface area (Å²) in [7, 11) is 0. The molecule has 9 heteroatoms. The molecule has 166 valence electrons. The van der Waals surface area contributed by atoms with Crippen LogP contribution >= 0.6 is 15.9 Å². The van der Waals surface area contributed by atoms with Crippen molar-refractivity contribution in [2.24, 2.45) is 0 Å². The average Bonchev–Trinajstić information content (AvgIpc) is 3.27. The average molecular weight is 499 g/mol. The number of rotatable bonds is 7. The molecule has 1 fully saturated rings. The van der Waals surface area contributed by atoms with E-state index in [0.29, 0.717) is 12.1 Å². The van der Waals surface area contributed by atoms with Crippen LogP contribution in [-0.2, 0) is 11.3 Å². The van der Waals surface area contributed by atoms with Crippen LogP contribution < -0.4 is 5.32 Å². The standard InChI is InChI=1S/C23H23BrN4O4/c1-2-13-26(16-17-9-11-18(12-10-17)28(31)32)23(30)25-15-22(29)27-14-5-8-21(27)19-6-3-4-7-20(19)24/h1,3-4,6-7,9-12,21H,5,8,13-16H2,(H,25,30). The van der Waals surface area contributed by atoms with Crippen molar-refractivity contribution < 1.29 is 14.5 Å². The minimum Gasteiger partial charge on any atom is -0.334 e. The molecule has 3 rings (SSSR count). The first-order valence-electron chi connectivity index (χ1n) is 10.1. The maximum Gasteiger partial charge on any atom is 0.318 e. The molecule has 1 heterocycles. The van der Waals surface area contributed by atoms with Gasteiger partial charge in [-0.25, -0.2) is 4.79 Å². The Hall–Kier alpha value is -3.38. The predicted octanol–water partition coefficient (Wildman–Crippen LogP) is 3.87. The van der Waals surface area contributed by atoms with E-state index < -0.39 is 11.0 Å². The van der Waals surface area contributed by atoms with E-state index in [4.69, 9.17) is 6.42 Å². The Morgan fingerprint density at radius 1 is 1.25 bits per heavy atom. The van der Waals surface area contributed by atoms with E-state index in [1.165, 1.54) is 17.0 Å². The lowest BCUT2D eigenvalue weighted by atomic mass is 10.0. The van der Waals surface area contributed by atoms with Crippen LogP contribution in [0.2, 0.25) is 0 Å². The van der Waals surface area contributed by atoms with E-state index in [1.54, 1.807) is 17.0 Å². The summed E-state index contributed by atoms with van der Waals surface area (Å²) in [5, 5.41) is 13.5. The van der Waals surface area contributed by atoms with Crippen LogP contribution in [0.15, 0.2) is 53.0 Å². The zero-order chi connectivity index (χ0) is 23.1. The Morgan fingerprint density at radius 3 is 2.62 bits per heavy atom. The molecule has 0 bridgehead atoms. The molecule has 1 aliphatic rings. The number of carbonyl (C=O) groups is 2. The molecule has 2 aromatic rings. The Balaban J connectivity index is 1.60. The van der Waals surface area contributed by atoms with Crippen LogP contribution in [0.5, 0.6) is 0 Å². The lowest BCUT2D eigenvalue weighted by molar-refractivity contribution is -0.384. The number of halogens is 1. The predicted molar refractivity (Wildman–Crippen MR) is 124 cm³/mol. The first-order chi connectivity index (χ1) is 15.4. The second-order valence-electron chi connectivity index (χ2n) is 7.41. The second-order valence-corrected chi connectivity index (χ2v) is 8.26. The van der Waals surface area contributed by atoms with E-state index in [9.17, 15) is 19.7 Å². The van der Waals surface area contributed by atoms with Gasteiger partial charge in [0, 0.05) is 29.7 Å². The zero-order valence-electron chi connectivity index (χ0n) is 17.4. The number of nitro groups is 1. The molecule has 1 aliphatic heterocycles. The van der Waals surface area contributed by atoms with E-state index in [0.717, 1.165) is 22.9 Å².